The van der Waals surface area contributed by atoms with Crippen molar-refractivity contribution in [1.82, 2.24) is 9.78 Å². The maximum atomic E-state index is 13.2. The molecule has 13 heavy (non-hydrogen) atoms. The molecule has 0 aliphatic carbocycles. The molecule has 1 aromatic heterocycles. The van der Waals surface area contributed by atoms with Crippen molar-refractivity contribution in [3.8, 4) is 0 Å². The molecule has 1 aromatic carbocycles. The Hall–Kier alpha value is -1.38. The van der Waals surface area contributed by atoms with Crippen molar-refractivity contribution < 1.29 is 4.39 Å². The quantitative estimate of drug-likeness (QED) is 0.654. The number of nitrogens with zero attached hydrogens (tertiary/aromatic N) is 2. The van der Waals surface area contributed by atoms with Crippen molar-refractivity contribution in [1.29, 1.82) is 0 Å². The zero-order valence-corrected chi connectivity index (χ0v) is 7.58. The van der Waals surface area contributed by atoms with Gasteiger partial charge in [0.2, 0.25) is 0 Å². The van der Waals surface area contributed by atoms with Crippen LogP contribution in [-0.4, -0.2) is 9.78 Å². The normalized spacial score (nSPS) is 11.4. The predicted octanol–water partition coefficient (Wildman–Crippen LogP) is 2.56. The van der Waals surface area contributed by atoms with E-state index in [1.54, 1.807) is 16.9 Å². The van der Waals surface area contributed by atoms with E-state index in [4.69, 9.17) is 0 Å². The second-order valence-electron chi connectivity index (χ2n) is 3.29. The van der Waals surface area contributed by atoms with Gasteiger partial charge in [0.15, 0.2) is 0 Å². The lowest BCUT2D eigenvalue weighted by molar-refractivity contribution is 0.550. The fraction of sp³-hybridized carbons (Fsp3) is 0.300. The van der Waals surface area contributed by atoms with Crippen LogP contribution in [0.25, 0.3) is 10.9 Å². The summed E-state index contributed by atoms with van der Waals surface area (Å²) in [5.41, 5.74) is 0.801. The van der Waals surface area contributed by atoms with Gasteiger partial charge in [0.05, 0.1) is 17.1 Å². The smallest absolute Gasteiger partial charge is 0.134 e. The van der Waals surface area contributed by atoms with E-state index >= 15 is 0 Å². The standard InChI is InChI=1S/C10H10FN2/c1-7(2)13-10-5-3-4-9(11)8(10)6-12-13/h4-7H,1-2H3. The highest BCUT2D eigenvalue weighted by Gasteiger charge is 2.07. The van der Waals surface area contributed by atoms with Gasteiger partial charge in [-0.15, -0.1) is 0 Å². The second kappa shape index (κ2) is 2.83. The van der Waals surface area contributed by atoms with Gasteiger partial charge in [-0.2, -0.15) is 5.10 Å². The van der Waals surface area contributed by atoms with E-state index in [-0.39, 0.29) is 11.9 Å². The van der Waals surface area contributed by atoms with Crippen LogP contribution in [0.15, 0.2) is 18.3 Å². The van der Waals surface area contributed by atoms with E-state index in [9.17, 15) is 4.39 Å². The van der Waals surface area contributed by atoms with Crippen LogP contribution in [0.5, 0.6) is 0 Å². The number of benzene rings is 1. The molecule has 0 saturated heterocycles. The first-order valence-electron chi connectivity index (χ1n) is 4.23. The van der Waals surface area contributed by atoms with Gasteiger partial charge in [0.1, 0.15) is 5.82 Å². The molecule has 2 aromatic rings. The first-order chi connectivity index (χ1) is 6.20. The van der Waals surface area contributed by atoms with Gasteiger partial charge in [0.25, 0.3) is 0 Å². The molecule has 2 nitrogen and oxygen atoms in total. The third-order valence-electron chi connectivity index (χ3n) is 2.01. The van der Waals surface area contributed by atoms with Crippen molar-refractivity contribution in [2.75, 3.05) is 0 Å². The largest absolute Gasteiger partial charge is 0.262 e. The van der Waals surface area contributed by atoms with Gasteiger partial charge in [-0.05, 0) is 32.0 Å². The number of fused-ring (bicyclic) bond motifs is 1. The van der Waals surface area contributed by atoms with Crippen molar-refractivity contribution in [3.63, 3.8) is 0 Å². The lowest BCUT2D eigenvalue weighted by Crippen LogP contribution is -2.01. The predicted molar refractivity (Wildman–Crippen MR) is 48.9 cm³/mol. The monoisotopic (exact) mass is 177 g/mol. The molecular formula is C10H10FN2. The molecule has 0 saturated carbocycles. The van der Waals surface area contributed by atoms with Gasteiger partial charge in [0, 0.05) is 6.04 Å². The summed E-state index contributed by atoms with van der Waals surface area (Å²) in [7, 11) is 0. The summed E-state index contributed by atoms with van der Waals surface area (Å²) in [4.78, 5) is 0. The molecule has 0 spiro atoms. The highest BCUT2D eigenvalue weighted by molar-refractivity contribution is 5.79. The maximum Gasteiger partial charge on any atom is 0.134 e. The Balaban J connectivity index is 2.75. The summed E-state index contributed by atoms with van der Waals surface area (Å²) in [6.45, 7) is 4.02. The fourth-order valence-electron chi connectivity index (χ4n) is 1.38. The minimum atomic E-state index is -0.260. The number of halogens is 1. The minimum Gasteiger partial charge on any atom is -0.262 e. The van der Waals surface area contributed by atoms with Crippen LogP contribution >= 0.6 is 0 Å². The molecule has 0 atom stereocenters. The van der Waals surface area contributed by atoms with Crippen LogP contribution in [0.3, 0.4) is 0 Å². The summed E-state index contributed by atoms with van der Waals surface area (Å²) in [5, 5.41) is 4.67. The van der Waals surface area contributed by atoms with Crippen LogP contribution < -0.4 is 0 Å². The molecule has 0 aliphatic rings. The average Bonchev–Trinajstić information content (AvgIpc) is 2.48. The van der Waals surface area contributed by atoms with Crippen molar-refractivity contribution in [2.24, 2.45) is 0 Å². The summed E-state index contributed by atoms with van der Waals surface area (Å²) in [6, 6.07) is 6.08. The van der Waals surface area contributed by atoms with Gasteiger partial charge in [-0.3, -0.25) is 4.68 Å². The lowest BCUT2D eigenvalue weighted by atomic mass is 10.2. The molecule has 2 rings (SSSR count). The molecule has 0 amide bonds. The van der Waals surface area contributed by atoms with Gasteiger partial charge < -0.3 is 0 Å². The van der Waals surface area contributed by atoms with E-state index in [0.29, 0.717) is 5.39 Å². The lowest BCUT2D eigenvalue weighted by Gasteiger charge is -2.06. The molecular weight excluding hydrogens is 167 g/mol. The highest BCUT2D eigenvalue weighted by Crippen LogP contribution is 2.19. The Morgan fingerprint density at radius 2 is 2.23 bits per heavy atom. The van der Waals surface area contributed by atoms with Crippen LogP contribution in [0.2, 0.25) is 0 Å². The highest BCUT2D eigenvalue weighted by atomic mass is 19.1. The molecule has 1 heterocycles. The zero-order valence-electron chi connectivity index (χ0n) is 7.58. The first-order valence-corrected chi connectivity index (χ1v) is 4.23. The Morgan fingerprint density at radius 1 is 1.46 bits per heavy atom. The van der Waals surface area contributed by atoms with Crippen LogP contribution in [0.4, 0.5) is 4.39 Å². The molecule has 67 valence electrons. The summed E-state index contributed by atoms with van der Waals surface area (Å²) in [5.74, 6) is -0.260. The van der Waals surface area contributed by atoms with Crippen molar-refractivity contribution >= 4 is 10.9 Å². The fourth-order valence-corrected chi connectivity index (χ4v) is 1.38. The zero-order chi connectivity index (χ0) is 9.42. The third-order valence-corrected chi connectivity index (χ3v) is 2.01. The van der Waals surface area contributed by atoms with Crippen molar-refractivity contribution in [2.45, 2.75) is 19.9 Å². The Bertz CT molecular complexity index is 431. The summed E-state index contributed by atoms with van der Waals surface area (Å²) in [6.07, 6.45) is 1.55. The van der Waals surface area contributed by atoms with Gasteiger partial charge in [-0.25, -0.2) is 4.39 Å². The van der Waals surface area contributed by atoms with Crippen LogP contribution in [0, 0.1) is 11.9 Å². The molecule has 1 radical (unpaired) electrons. The van der Waals surface area contributed by atoms with E-state index in [1.807, 2.05) is 13.8 Å². The minimum absolute atomic E-state index is 0.243. The summed E-state index contributed by atoms with van der Waals surface area (Å²) < 4.78 is 15.0. The molecule has 0 aliphatic heterocycles. The van der Waals surface area contributed by atoms with Crippen molar-refractivity contribution in [3.05, 3.63) is 30.2 Å². The Kier molecular flexibility index (Phi) is 1.79. The number of hydrogen-bond donors (Lipinski definition) is 0. The van der Waals surface area contributed by atoms with E-state index in [2.05, 4.69) is 11.2 Å². The van der Waals surface area contributed by atoms with Gasteiger partial charge >= 0.3 is 0 Å². The Morgan fingerprint density at radius 3 is 2.92 bits per heavy atom. The molecule has 0 unspecified atom stereocenters. The topological polar surface area (TPSA) is 17.8 Å². The van der Waals surface area contributed by atoms with Crippen LogP contribution in [-0.2, 0) is 0 Å². The number of hydrogen-bond acceptors (Lipinski definition) is 1. The molecule has 0 N–H and O–H groups in total. The van der Waals surface area contributed by atoms with Crippen LogP contribution in [0.1, 0.15) is 19.9 Å². The van der Waals surface area contributed by atoms with E-state index in [0.717, 1.165) is 5.52 Å². The summed E-state index contributed by atoms with van der Waals surface area (Å²) >= 11 is 0. The van der Waals surface area contributed by atoms with E-state index < -0.39 is 0 Å². The molecule has 3 heteroatoms. The molecule has 0 fully saturated rings. The molecule has 0 bridgehead atoms. The third kappa shape index (κ3) is 1.20. The van der Waals surface area contributed by atoms with E-state index in [1.165, 1.54) is 6.07 Å². The number of rotatable bonds is 1. The number of aromatic nitrogens is 2. The maximum absolute atomic E-state index is 13.2. The SMILES string of the molecule is CC(C)n1ncc2c(F)c[c]cc21. The van der Waals surface area contributed by atoms with Gasteiger partial charge in [-0.1, -0.05) is 0 Å². The second-order valence-corrected chi connectivity index (χ2v) is 3.29. The average molecular weight is 177 g/mol. The first kappa shape index (κ1) is 8.23. The Labute approximate surface area is 76.0 Å².